The molecule has 0 radical (unpaired) electrons. The van der Waals surface area contributed by atoms with Crippen LogP contribution in [0.4, 0.5) is 5.82 Å². The number of hydrogen-bond donors (Lipinski definition) is 0. The standard InChI is InChI=1S/C15H16N4O/c1-4-18(2)14-11-6-5-10-7-8-16-9-12(10)13(11)19(3)15(20)17-14/h5-9H,4H2,1-3H3. The van der Waals surface area contributed by atoms with Gasteiger partial charge in [0, 0.05) is 43.8 Å². The van der Waals surface area contributed by atoms with E-state index in [1.165, 1.54) is 0 Å². The van der Waals surface area contributed by atoms with Crippen LogP contribution in [0.3, 0.4) is 0 Å². The molecular formula is C15H16N4O. The van der Waals surface area contributed by atoms with Crippen LogP contribution in [0.25, 0.3) is 21.7 Å². The lowest BCUT2D eigenvalue weighted by Gasteiger charge is -2.19. The highest BCUT2D eigenvalue weighted by Crippen LogP contribution is 2.28. The van der Waals surface area contributed by atoms with Gasteiger partial charge in [-0.2, -0.15) is 4.98 Å². The van der Waals surface area contributed by atoms with E-state index in [4.69, 9.17) is 0 Å². The van der Waals surface area contributed by atoms with Gasteiger partial charge in [-0.15, -0.1) is 0 Å². The van der Waals surface area contributed by atoms with Gasteiger partial charge in [-0.25, -0.2) is 4.79 Å². The minimum Gasteiger partial charge on any atom is -0.359 e. The Bertz CT molecular complexity index is 853. The maximum atomic E-state index is 12.1. The Morgan fingerprint density at radius 1 is 1.25 bits per heavy atom. The van der Waals surface area contributed by atoms with E-state index in [1.807, 2.05) is 37.1 Å². The van der Waals surface area contributed by atoms with Crippen molar-refractivity contribution in [1.82, 2.24) is 14.5 Å². The predicted molar refractivity (Wildman–Crippen MR) is 81.2 cm³/mol. The fourth-order valence-electron chi connectivity index (χ4n) is 2.45. The first-order chi connectivity index (χ1) is 9.63. The van der Waals surface area contributed by atoms with E-state index in [9.17, 15) is 4.79 Å². The lowest BCUT2D eigenvalue weighted by atomic mass is 10.1. The molecule has 0 bridgehead atoms. The summed E-state index contributed by atoms with van der Waals surface area (Å²) in [5.74, 6) is 0.719. The van der Waals surface area contributed by atoms with Crippen molar-refractivity contribution in [3.8, 4) is 0 Å². The number of anilines is 1. The van der Waals surface area contributed by atoms with E-state index in [-0.39, 0.29) is 5.69 Å². The summed E-state index contributed by atoms with van der Waals surface area (Å²) < 4.78 is 1.59. The smallest absolute Gasteiger partial charge is 0.349 e. The fraction of sp³-hybridized carbons (Fsp3) is 0.267. The molecule has 0 spiro atoms. The van der Waals surface area contributed by atoms with Crippen LogP contribution < -0.4 is 10.6 Å². The molecule has 0 aliphatic heterocycles. The van der Waals surface area contributed by atoms with Crippen molar-refractivity contribution in [2.24, 2.45) is 7.05 Å². The van der Waals surface area contributed by atoms with Crippen molar-refractivity contribution in [2.45, 2.75) is 6.92 Å². The van der Waals surface area contributed by atoms with Crippen LogP contribution in [0.5, 0.6) is 0 Å². The molecule has 3 aromatic rings. The van der Waals surface area contributed by atoms with Crippen LogP contribution in [0.2, 0.25) is 0 Å². The highest BCUT2D eigenvalue weighted by Gasteiger charge is 2.13. The average molecular weight is 268 g/mol. The van der Waals surface area contributed by atoms with E-state index in [0.29, 0.717) is 0 Å². The Hall–Kier alpha value is -2.43. The van der Waals surface area contributed by atoms with Gasteiger partial charge in [0.1, 0.15) is 5.82 Å². The van der Waals surface area contributed by atoms with Crippen LogP contribution in [0.1, 0.15) is 6.92 Å². The Morgan fingerprint density at radius 2 is 2.05 bits per heavy atom. The largest absolute Gasteiger partial charge is 0.359 e. The van der Waals surface area contributed by atoms with Crippen LogP contribution >= 0.6 is 0 Å². The van der Waals surface area contributed by atoms with Crippen molar-refractivity contribution >= 4 is 27.5 Å². The normalized spacial score (nSPS) is 11.2. The summed E-state index contributed by atoms with van der Waals surface area (Å²) in [5, 5.41) is 3.01. The van der Waals surface area contributed by atoms with Crippen molar-refractivity contribution < 1.29 is 0 Å². The molecule has 3 rings (SSSR count). The maximum absolute atomic E-state index is 12.1. The second-order valence-corrected chi connectivity index (χ2v) is 4.85. The lowest BCUT2D eigenvalue weighted by molar-refractivity contribution is 0.836. The van der Waals surface area contributed by atoms with Crippen LogP contribution in [0, 0.1) is 0 Å². The molecular weight excluding hydrogens is 252 g/mol. The van der Waals surface area contributed by atoms with Gasteiger partial charge in [-0.3, -0.25) is 9.55 Å². The third-order valence-electron chi connectivity index (χ3n) is 3.70. The molecule has 0 unspecified atom stereocenters. The highest BCUT2D eigenvalue weighted by molar-refractivity contribution is 6.08. The molecule has 20 heavy (non-hydrogen) atoms. The first-order valence-corrected chi connectivity index (χ1v) is 6.58. The third kappa shape index (κ3) is 1.74. The van der Waals surface area contributed by atoms with Gasteiger partial charge in [0.2, 0.25) is 0 Å². The van der Waals surface area contributed by atoms with E-state index < -0.39 is 0 Å². The lowest BCUT2D eigenvalue weighted by Crippen LogP contribution is -2.26. The highest BCUT2D eigenvalue weighted by atomic mass is 16.1. The van der Waals surface area contributed by atoms with Crippen LogP contribution in [-0.4, -0.2) is 28.1 Å². The molecule has 1 aromatic carbocycles. The summed E-state index contributed by atoms with van der Waals surface area (Å²) in [6.45, 7) is 2.83. The Balaban J connectivity index is 2.55. The molecule has 0 N–H and O–H groups in total. The molecule has 5 heteroatoms. The number of nitrogens with zero attached hydrogens (tertiary/aromatic N) is 4. The molecule has 2 heterocycles. The number of rotatable bonds is 2. The first kappa shape index (κ1) is 12.6. The second-order valence-electron chi connectivity index (χ2n) is 4.85. The summed E-state index contributed by atoms with van der Waals surface area (Å²) in [7, 11) is 3.69. The molecule has 0 amide bonds. The van der Waals surface area contributed by atoms with Gasteiger partial charge in [0.15, 0.2) is 0 Å². The summed E-state index contributed by atoms with van der Waals surface area (Å²) in [6, 6.07) is 6.01. The molecule has 0 atom stereocenters. The quantitative estimate of drug-likeness (QED) is 0.666. The van der Waals surface area contributed by atoms with Crippen molar-refractivity contribution in [1.29, 1.82) is 0 Å². The van der Waals surface area contributed by atoms with Crippen LogP contribution in [-0.2, 0) is 7.05 Å². The maximum Gasteiger partial charge on any atom is 0.349 e. The first-order valence-electron chi connectivity index (χ1n) is 6.58. The van der Waals surface area contributed by atoms with Crippen molar-refractivity contribution in [3.63, 3.8) is 0 Å². The molecule has 0 saturated carbocycles. The number of hydrogen-bond acceptors (Lipinski definition) is 4. The number of benzene rings is 1. The fourth-order valence-corrected chi connectivity index (χ4v) is 2.45. The third-order valence-corrected chi connectivity index (χ3v) is 3.70. The number of fused-ring (bicyclic) bond motifs is 3. The molecule has 0 aliphatic carbocycles. The number of aromatic nitrogens is 3. The van der Waals surface area contributed by atoms with Gasteiger partial charge < -0.3 is 4.90 Å². The summed E-state index contributed by atoms with van der Waals surface area (Å²) in [4.78, 5) is 22.5. The van der Waals surface area contributed by atoms with Crippen molar-refractivity contribution in [2.75, 3.05) is 18.5 Å². The Kier molecular flexibility index (Phi) is 2.89. The van der Waals surface area contributed by atoms with Gasteiger partial charge in [-0.05, 0) is 24.4 Å². The summed E-state index contributed by atoms with van der Waals surface area (Å²) in [5.41, 5.74) is 0.634. The van der Waals surface area contributed by atoms with E-state index in [1.54, 1.807) is 24.0 Å². The molecule has 5 nitrogen and oxygen atoms in total. The molecule has 2 aromatic heterocycles. The van der Waals surface area contributed by atoms with Gasteiger partial charge in [0.05, 0.1) is 5.52 Å². The van der Waals surface area contributed by atoms with Gasteiger partial charge in [0.25, 0.3) is 0 Å². The predicted octanol–water partition coefficient (Wildman–Crippen LogP) is 1.94. The number of pyridine rings is 1. The molecule has 0 saturated heterocycles. The number of aryl methyl sites for hydroxylation is 1. The molecule has 102 valence electrons. The summed E-state index contributed by atoms with van der Waals surface area (Å²) in [6.07, 6.45) is 3.55. The zero-order valence-corrected chi connectivity index (χ0v) is 11.8. The second kappa shape index (κ2) is 4.59. The zero-order valence-electron chi connectivity index (χ0n) is 11.8. The van der Waals surface area contributed by atoms with Gasteiger partial charge in [-0.1, -0.05) is 6.07 Å². The summed E-state index contributed by atoms with van der Waals surface area (Å²) >= 11 is 0. The van der Waals surface area contributed by atoms with E-state index in [2.05, 4.69) is 9.97 Å². The van der Waals surface area contributed by atoms with E-state index >= 15 is 0 Å². The van der Waals surface area contributed by atoms with Crippen LogP contribution in [0.15, 0.2) is 35.4 Å². The van der Waals surface area contributed by atoms with Crippen molar-refractivity contribution in [3.05, 3.63) is 41.1 Å². The molecule has 0 fully saturated rings. The minimum absolute atomic E-state index is 0.246. The minimum atomic E-state index is -0.246. The van der Waals surface area contributed by atoms with Gasteiger partial charge >= 0.3 is 5.69 Å². The average Bonchev–Trinajstić information content (AvgIpc) is 2.49. The SMILES string of the molecule is CCN(C)c1nc(=O)n(C)c2c1ccc1ccncc12. The topological polar surface area (TPSA) is 51.0 Å². The Labute approximate surface area is 116 Å². The van der Waals surface area contributed by atoms with E-state index in [0.717, 1.165) is 34.0 Å². The molecule has 0 aliphatic rings. The monoisotopic (exact) mass is 268 g/mol. The zero-order chi connectivity index (χ0) is 14.3. The Morgan fingerprint density at radius 3 is 2.80 bits per heavy atom.